The van der Waals surface area contributed by atoms with Gasteiger partial charge in [-0.15, -0.1) is 0 Å². The second-order valence-electron chi connectivity index (χ2n) is 5.41. The minimum absolute atomic E-state index is 0.302. The third-order valence-corrected chi connectivity index (χ3v) is 4.13. The third kappa shape index (κ3) is 1.23. The first kappa shape index (κ1) is 10.2. The summed E-state index contributed by atoms with van der Waals surface area (Å²) < 4.78 is 0. The van der Waals surface area contributed by atoms with E-state index in [0.717, 1.165) is 13.1 Å². The highest BCUT2D eigenvalue weighted by Gasteiger charge is 2.58. The monoisotopic (exact) mass is 216 g/mol. The minimum atomic E-state index is 0.302. The van der Waals surface area contributed by atoms with Crippen LogP contribution < -0.4 is 10.6 Å². The van der Waals surface area contributed by atoms with Crippen LogP contribution in [0.1, 0.15) is 30.9 Å². The van der Waals surface area contributed by atoms with E-state index in [1.807, 2.05) is 0 Å². The lowest BCUT2D eigenvalue weighted by Crippen LogP contribution is -2.28. The second kappa shape index (κ2) is 3.24. The first-order valence-electron chi connectivity index (χ1n) is 6.29. The van der Waals surface area contributed by atoms with Gasteiger partial charge in [-0.3, -0.25) is 0 Å². The van der Waals surface area contributed by atoms with Gasteiger partial charge in [0, 0.05) is 30.2 Å². The van der Waals surface area contributed by atoms with Crippen molar-refractivity contribution >= 4 is 5.69 Å². The predicted octanol–water partition coefficient (Wildman–Crippen LogP) is 2.19. The highest BCUT2D eigenvalue weighted by Crippen LogP contribution is 2.55. The Hall–Kier alpha value is -1.02. The van der Waals surface area contributed by atoms with Gasteiger partial charge in [0.05, 0.1) is 0 Å². The zero-order valence-corrected chi connectivity index (χ0v) is 10.2. The molecule has 1 aliphatic carbocycles. The van der Waals surface area contributed by atoms with Crippen LogP contribution in [0, 0.1) is 6.92 Å². The quantitative estimate of drug-likeness (QED) is 0.821. The summed E-state index contributed by atoms with van der Waals surface area (Å²) in [4.78, 5) is 2.52. The first-order valence-corrected chi connectivity index (χ1v) is 6.29. The number of benzene rings is 1. The number of nitrogens with two attached hydrogens (primary N) is 1. The molecule has 2 nitrogen and oxygen atoms in total. The number of aryl methyl sites for hydroxylation is 1. The third-order valence-electron chi connectivity index (χ3n) is 4.13. The van der Waals surface area contributed by atoms with Crippen molar-refractivity contribution in [1.82, 2.24) is 0 Å². The molecule has 2 heteroatoms. The largest absolute Gasteiger partial charge is 0.370 e. The van der Waals surface area contributed by atoms with E-state index in [9.17, 15) is 0 Å². The highest BCUT2D eigenvalue weighted by molar-refractivity contribution is 5.67. The molecule has 2 aliphatic rings. The zero-order chi connectivity index (χ0) is 11.3. The van der Waals surface area contributed by atoms with Gasteiger partial charge in [0.1, 0.15) is 0 Å². The lowest BCUT2D eigenvalue weighted by molar-refractivity contribution is 0.663. The van der Waals surface area contributed by atoms with Crippen LogP contribution >= 0.6 is 0 Å². The molecule has 0 bridgehead atoms. The molecule has 0 amide bonds. The molecule has 0 aromatic heterocycles. The van der Waals surface area contributed by atoms with Gasteiger partial charge >= 0.3 is 0 Å². The standard InChI is InChI=1S/C14H20N2/c1-3-6-16-9-14(8-13(14)15)11-7-10(2)4-5-12(11)16/h4-5,7,13H,3,6,8-9,15H2,1-2H3. The van der Waals surface area contributed by atoms with Crippen LogP contribution in [-0.2, 0) is 5.41 Å². The van der Waals surface area contributed by atoms with Crippen LogP contribution in [0.4, 0.5) is 5.69 Å². The molecule has 1 fully saturated rings. The average Bonchev–Trinajstić information content (AvgIpc) is 2.79. The number of rotatable bonds is 2. The van der Waals surface area contributed by atoms with E-state index < -0.39 is 0 Å². The molecule has 1 aromatic carbocycles. The van der Waals surface area contributed by atoms with E-state index in [0.29, 0.717) is 11.5 Å². The van der Waals surface area contributed by atoms with Gasteiger partial charge in [-0.25, -0.2) is 0 Å². The Morgan fingerprint density at radius 2 is 2.25 bits per heavy atom. The summed E-state index contributed by atoms with van der Waals surface area (Å²) in [6, 6.07) is 7.22. The van der Waals surface area contributed by atoms with E-state index in [4.69, 9.17) is 5.73 Å². The fourth-order valence-electron chi connectivity index (χ4n) is 3.13. The van der Waals surface area contributed by atoms with Gasteiger partial charge in [-0.1, -0.05) is 24.6 Å². The topological polar surface area (TPSA) is 29.3 Å². The molecule has 0 radical (unpaired) electrons. The van der Waals surface area contributed by atoms with Crippen molar-refractivity contribution < 1.29 is 0 Å². The summed E-state index contributed by atoms with van der Waals surface area (Å²) in [5, 5.41) is 0. The van der Waals surface area contributed by atoms with Crippen molar-refractivity contribution in [2.45, 2.75) is 38.1 Å². The Balaban J connectivity index is 2.04. The summed E-state index contributed by atoms with van der Waals surface area (Å²) in [5.41, 5.74) is 10.8. The van der Waals surface area contributed by atoms with Crippen LogP contribution in [0.2, 0.25) is 0 Å². The van der Waals surface area contributed by atoms with Crippen LogP contribution in [-0.4, -0.2) is 19.1 Å². The number of fused-ring (bicyclic) bond motifs is 2. The molecular weight excluding hydrogens is 196 g/mol. The Morgan fingerprint density at radius 1 is 1.50 bits per heavy atom. The molecule has 86 valence electrons. The molecule has 2 unspecified atom stereocenters. The number of anilines is 1. The van der Waals surface area contributed by atoms with Crippen molar-refractivity contribution in [1.29, 1.82) is 0 Å². The molecule has 1 saturated carbocycles. The molecule has 1 aliphatic heterocycles. The van der Waals surface area contributed by atoms with E-state index in [1.165, 1.54) is 29.7 Å². The lowest BCUT2D eigenvalue weighted by atomic mass is 9.96. The molecule has 1 heterocycles. The smallest absolute Gasteiger partial charge is 0.0406 e. The van der Waals surface area contributed by atoms with E-state index in [-0.39, 0.29) is 0 Å². The Bertz CT molecular complexity index is 427. The van der Waals surface area contributed by atoms with Gasteiger partial charge in [-0.2, -0.15) is 0 Å². The van der Waals surface area contributed by atoms with E-state index in [2.05, 4.69) is 36.9 Å². The Labute approximate surface area is 97.4 Å². The van der Waals surface area contributed by atoms with E-state index in [1.54, 1.807) is 0 Å². The molecule has 2 N–H and O–H groups in total. The van der Waals surface area contributed by atoms with Gasteiger partial charge in [0.2, 0.25) is 0 Å². The molecular formula is C14H20N2. The number of hydrogen-bond donors (Lipinski definition) is 1. The maximum Gasteiger partial charge on any atom is 0.0406 e. The second-order valence-corrected chi connectivity index (χ2v) is 5.41. The molecule has 0 saturated heterocycles. The Kier molecular flexibility index (Phi) is 2.05. The van der Waals surface area contributed by atoms with Crippen LogP contribution in [0.15, 0.2) is 18.2 Å². The summed E-state index contributed by atoms with van der Waals surface area (Å²) in [5.74, 6) is 0. The molecule has 2 atom stereocenters. The zero-order valence-electron chi connectivity index (χ0n) is 10.2. The first-order chi connectivity index (χ1) is 7.67. The van der Waals surface area contributed by atoms with Gasteiger partial charge in [-0.05, 0) is 31.4 Å². The van der Waals surface area contributed by atoms with Crippen molar-refractivity contribution in [3.63, 3.8) is 0 Å². The summed E-state index contributed by atoms with van der Waals surface area (Å²) in [7, 11) is 0. The number of nitrogens with zero attached hydrogens (tertiary/aromatic N) is 1. The SMILES string of the molecule is CCCN1CC2(CC2N)c2cc(C)ccc21. The predicted molar refractivity (Wildman–Crippen MR) is 68.0 cm³/mol. The maximum atomic E-state index is 6.16. The minimum Gasteiger partial charge on any atom is -0.370 e. The average molecular weight is 216 g/mol. The fourth-order valence-corrected chi connectivity index (χ4v) is 3.13. The number of hydrogen-bond acceptors (Lipinski definition) is 2. The van der Waals surface area contributed by atoms with Crippen LogP contribution in [0.3, 0.4) is 0 Å². The fraction of sp³-hybridized carbons (Fsp3) is 0.571. The van der Waals surface area contributed by atoms with Crippen LogP contribution in [0.25, 0.3) is 0 Å². The van der Waals surface area contributed by atoms with Crippen molar-refractivity contribution in [2.75, 3.05) is 18.0 Å². The molecule has 1 spiro atoms. The summed E-state index contributed by atoms with van der Waals surface area (Å²) in [6.45, 7) is 6.71. The highest BCUT2D eigenvalue weighted by atomic mass is 15.2. The van der Waals surface area contributed by atoms with Crippen molar-refractivity contribution in [2.24, 2.45) is 5.73 Å². The van der Waals surface area contributed by atoms with Gasteiger partial charge in [0.15, 0.2) is 0 Å². The van der Waals surface area contributed by atoms with E-state index >= 15 is 0 Å². The van der Waals surface area contributed by atoms with Crippen LogP contribution in [0.5, 0.6) is 0 Å². The normalized spacial score (nSPS) is 30.9. The summed E-state index contributed by atoms with van der Waals surface area (Å²) >= 11 is 0. The lowest BCUT2D eigenvalue weighted by Gasteiger charge is -2.18. The molecule has 16 heavy (non-hydrogen) atoms. The summed E-state index contributed by atoms with van der Waals surface area (Å²) in [6.07, 6.45) is 2.38. The Morgan fingerprint density at radius 3 is 2.88 bits per heavy atom. The van der Waals surface area contributed by atoms with Gasteiger partial charge < -0.3 is 10.6 Å². The molecule has 3 rings (SSSR count). The molecule has 1 aromatic rings. The van der Waals surface area contributed by atoms with Crippen molar-refractivity contribution in [3.8, 4) is 0 Å². The van der Waals surface area contributed by atoms with Gasteiger partial charge in [0.25, 0.3) is 0 Å². The maximum absolute atomic E-state index is 6.16. The van der Waals surface area contributed by atoms with Crippen molar-refractivity contribution in [3.05, 3.63) is 29.3 Å².